The number of pyridine rings is 1. The summed E-state index contributed by atoms with van der Waals surface area (Å²) < 4.78 is 0. The van der Waals surface area contributed by atoms with Crippen LogP contribution in [0, 0.1) is 0 Å². The van der Waals surface area contributed by atoms with Crippen LogP contribution in [0.1, 0.15) is 40.9 Å². The smallest absolute Gasteiger partial charge is 0.0701 e. The first kappa shape index (κ1) is 15.6. The molecule has 0 aliphatic heterocycles. The first-order valence-electron chi connectivity index (χ1n) is 8.87. The molecule has 0 bridgehead atoms. The van der Waals surface area contributed by atoms with E-state index in [1.165, 1.54) is 34.4 Å². The maximum absolute atomic E-state index is 4.95. The highest BCUT2D eigenvalue weighted by atomic mass is 14.7. The van der Waals surface area contributed by atoms with Crippen LogP contribution < -0.4 is 0 Å². The molecule has 0 unspecified atom stereocenters. The van der Waals surface area contributed by atoms with Gasteiger partial charge in [0, 0.05) is 0 Å². The molecule has 1 heterocycles. The molecule has 0 saturated heterocycles. The second-order valence-corrected chi connectivity index (χ2v) is 6.42. The lowest BCUT2D eigenvalue weighted by Crippen LogP contribution is -2.05. The lowest BCUT2D eigenvalue weighted by molar-refractivity contribution is 0.810. The minimum Gasteiger partial charge on any atom is -0.248 e. The minimum atomic E-state index is 1.02. The Morgan fingerprint density at radius 3 is 2.16 bits per heavy atom. The van der Waals surface area contributed by atoms with Crippen molar-refractivity contribution in [2.24, 2.45) is 0 Å². The summed E-state index contributed by atoms with van der Waals surface area (Å²) in [4.78, 5) is 4.95. The first-order valence-corrected chi connectivity index (χ1v) is 8.87. The molecule has 0 radical (unpaired) electrons. The van der Waals surface area contributed by atoms with Gasteiger partial charge in [-0.15, -0.1) is 0 Å². The molecule has 3 aromatic rings. The predicted octanol–water partition coefficient (Wildman–Crippen LogP) is 6.13. The molecule has 1 nitrogen and oxygen atoms in total. The molecule has 4 rings (SSSR count). The Kier molecular flexibility index (Phi) is 4.56. The zero-order valence-electron chi connectivity index (χ0n) is 14.2. The SMILES string of the molecule is C(=C\c1ccc2c(n1)/C(=C/c1ccccc1)CCC2)/c1ccccc1. The zero-order chi connectivity index (χ0) is 16.9. The fourth-order valence-corrected chi connectivity index (χ4v) is 3.30. The molecule has 0 saturated carbocycles. The molecule has 1 heteroatoms. The van der Waals surface area contributed by atoms with Crippen molar-refractivity contribution >= 4 is 23.8 Å². The van der Waals surface area contributed by atoms with Crippen LogP contribution >= 0.6 is 0 Å². The molecular weight excluding hydrogens is 302 g/mol. The van der Waals surface area contributed by atoms with E-state index in [1.807, 2.05) is 6.07 Å². The topological polar surface area (TPSA) is 12.9 Å². The molecule has 0 amide bonds. The maximum atomic E-state index is 4.95. The fraction of sp³-hybridized carbons (Fsp3) is 0.125. The van der Waals surface area contributed by atoms with Crippen molar-refractivity contribution < 1.29 is 0 Å². The second kappa shape index (κ2) is 7.31. The van der Waals surface area contributed by atoms with E-state index in [2.05, 4.69) is 85.0 Å². The van der Waals surface area contributed by atoms with Crippen molar-refractivity contribution in [3.05, 3.63) is 101 Å². The van der Waals surface area contributed by atoms with Crippen molar-refractivity contribution in [1.29, 1.82) is 0 Å². The van der Waals surface area contributed by atoms with Crippen LogP contribution in [-0.2, 0) is 6.42 Å². The lowest BCUT2D eigenvalue weighted by Gasteiger charge is -2.18. The summed E-state index contributed by atoms with van der Waals surface area (Å²) in [5.41, 5.74) is 7.35. The monoisotopic (exact) mass is 323 g/mol. The van der Waals surface area contributed by atoms with Crippen LogP contribution in [0.5, 0.6) is 0 Å². The summed E-state index contributed by atoms with van der Waals surface area (Å²) in [5, 5.41) is 0. The van der Waals surface area contributed by atoms with Gasteiger partial charge < -0.3 is 0 Å². The zero-order valence-corrected chi connectivity index (χ0v) is 14.2. The van der Waals surface area contributed by atoms with Gasteiger partial charge >= 0.3 is 0 Å². The number of benzene rings is 2. The molecule has 0 fully saturated rings. The second-order valence-electron chi connectivity index (χ2n) is 6.42. The van der Waals surface area contributed by atoms with Crippen LogP contribution in [0.15, 0.2) is 72.8 Å². The van der Waals surface area contributed by atoms with Crippen LogP contribution in [0.4, 0.5) is 0 Å². The van der Waals surface area contributed by atoms with Crippen LogP contribution in [0.25, 0.3) is 23.8 Å². The van der Waals surface area contributed by atoms with E-state index >= 15 is 0 Å². The van der Waals surface area contributed by atoms with Gasteiger partial charge in [0.25, 0.3) is 0 Å². The molecule has 0 spiro atoms. The summed E-state index contributed by atoms with van der Waals surface area (Å²) >= 11 is 0. The van der Waals surface area contributed by atoms with E-state index in [-0.39, 0.29) is 0 Å². The molecule has 2 aromatic carbocycles. The van der Waals surface area contributed by atoms with Gasteiger partial charge in [-0.1, -0.05) is 72.8 Å². The third-order valence-electron chi connectivity index (χ3n) is 4.58. The van der Waals surface area contributed by atoms with Crippen molar-refractivity contribution in [2.75, 3.05) is 0 Å². The standard InChI is InChI=1S/C24H21N/c1-3-8-19(9-4-1)14-16-23-17-15-21-12-7-13-22(24(21)25-23)18-20-10-5-2-6-11-20/h1-6,8-11,14-18H,7,12-13H2/b16-14+,22-18+. The number of nitrogens with zero attached hydrogens (tertiary/aromatic N) is 1. The van der Waals surface area contributed by atoms with Crippen LogP contribution in [0.3, 0.4) is 0 Å². The molecule has 25 heavy (non-hydrogen) atoms. The highest BCUT2D eigenvalue weighted by molar-refractivity contribution is 5.82. The Bertz CT molecular complexity index is 905. The third-order valence-corrected chi connectivity index (χ3v) is 4.58. The Morgan fingerprint density at radius 1 is 0.680 bits per heavy atom. The van der Waals surface area contributed by atoms with Gasteiger partial charge in [0.05, 0.1) is 11.4 Å². The summed E-state index contributed by atoms with van der Waals surface area (Å²) in [6.45, 7) is 0. The summed E-state index contributed by atoms with van der Waals surface area (Å²) in [5.74, 6) is 0. The Balaban J connectivity index is 1.67. The Hall–Kier alpha value is -2.93. The van der Waals surface area contributed by atoms with E-state index in [9.17, 15) is 0 Å². The van der Waals surface area contributed by atoms with E-state index in [0.29, 0.717) is 0 Å². The van der Waals surface area contributed by atoms with Crippen LogP contribution in [-0.4, -0.2) is 4.98 Å². The average Bonchev–Trinajstić information content (AvgIpc) is 2.68. The molecule has 1 aliphatic rings. The molecule has 1 aromatic heterocycles. The van der Waals surface area contributed by atoms with Crippen molar-refractivity contribution in [2.45, 2.75) is 19.3 Å². The number of hydrogen-bond donors (Lipinski definition) is 0. The predicted molar refractivity (Wildman–Crippen MR) is 107 cm³/mol. The quantitative estimate of drug-likeness (QED) is 0.565. The number of allylic oxidation sites excluding steroid dienone is 1. The Labute approximate surface area is 149 Å². The Morgan fingerprint density at radius 2 is 1.40 bits per heavy atom. The van der Waals surface area contributed by atoms with Gasteiger partial charge in [-0.05, 0) is 59.7 Å². The molecule has 1 aliphatic carbocycles. The molecular formula is C24H21N. The molecule has 0 atom stereocenters. The average molecular weight is 323 g/mol. The highest BCUT2D eigenvalue weighted by Crippen LogP contribution is 2.31. The van der Waals surface area contributed by atoms with E-state index in [4.69, 9.17) is 4.98 Å². The number of rotatable bonds is 3. The van der Waals surface area contributed by atoms with Gasteiger partial charge in [0.2, 0.25) is 0 Å². The number of fused-ring (bicyclic) bond motifs is 1. The number of hydrogen-bond acceptors (Lipinski definition) is 1. The molecule has 122 valence electrons. The van der Waals surface area contributed by atoms with Gasteiger partial charge in [0.1, 0.15) is 0 Å². The van der Waals surface area contributed by atoms with E-state index in [1.54, 1.807) is 0 Å². The summed E-state index contributed by atoms with van der Waals surface area (Å²) in [6, 6.07) is 25.3. The van der Waals surface area contributed by atoms with Gasteiger partial charge in [-0.25, -0.2) is 4.98 Å². The van der Waals surface area contributed by atoms with E-state index < -0.39 is 0 Å². The van der Waals surface area contributed by atoms with Crippen molar-refractivity contribution in [3.8, 4) is 0 Å². The van der Waals surface area contributed by atoms with Gasteiger partial charge in [-0.2, -0.15) is 0 Å². The number of aryl methyl sites for hydroxylation is 1. The molecule has 0 N–H and O–H groups in total. The lowest BCUT2D eigenvalue weighted by atomic mass is 9.90. The summed E-state index contributed by atoms with van der Waals surface area (Å²) in [6.07, 6.45) is 9.93. The van der Waals surface area contributed by atoms with Gasteiger partial charge in [0.15, 0.2) is 0 Å². The highest BCUT2D eigenvalue weighted by Gasteiger charge is 2.15. The van der Waals surface area contributed by atoms with Gasteiger partial charge in [-0.3, -0.25) is 0 Å². The largest absolute Gasteiger partial charge is 0.248 e. The van der Waals surface area contributed by atoms with Crippen LogP contribution in [0.2, 0.25) is 0 Å². The summed E-state index contributed by atoms with van der Waals surface area (Å²) in [7, 11) is 0. The number of aromatic nitrogens is 1. The first-order chi connectivity index (χ1) is 12.4. The van der Waals surface area contributed by atoms with Crippen molar-refractivity contribution in [3.63, 3.8) is 0 Å². The van der Waals surface area contributed by atoms with E-state index in [0.717, 1.165) is 18.5 Å². The third kappa shape index (κ3) is 3.77. The fourth-order valence-electron chi connectivity index (χ4n) is 3.30. The maximum Gasteiger partial charge on any atom is 0.0701 e. The minimum absolute atomic E-state index is 1.02. The van der Waals surface area contributed by atoms with Crippen molar-refractivity contribution in [1.82, 2.24) is 4.98 Å². The normalized spacial score (nSPS) is 15.4.